The van der Waals surface area contributed by atoms with E-state index >= 15 is 0 Å². The number of ether oxygens (including phenoxy) is 1. The first-order chi connectivity index (χ1) is 13.5. The van der Waals surface area contributed by atoms with Crippen LogP contribution in [0.25, 0.3) is 0 Å². The van der Waals surface area contributed by atoms with Gasteiger partial charge in [-0.15, -0.1) is 11.3 Å². The van der Waals surface area contributed by atoms with E-state index in [0.29, 0.717) is 12.3 Å². The summed E-state index contributed by atoms with van der Waals surface area (Å²) in [6.45, 7) is 3.39. The zero-order valence-electron chi connectivity index (χ0n) is 15.4. The Bertz CT molecular complexity index is 1030. The van der Waals surface area contributed by atoms with Gasteiger partial charge < -0.3 is 9.64 Å². The molecule has 0 saturated carbocycles. The number of nitrogens with one attached hydrogen (secondary N) is 1. The van der Waals surface area contributed by atoms with E-state index in [1.54, 1.807) is 41.8 Å². The molecule has 1 atom stereocenters. The summed E-state index contributed by atoms with van der Waals surface area (Å²) in [5.41, 5.74) is 1.02. The van der Waals surface area contributed by atoms with Crippen molar-refractivity contribution >= 4 is 26.5 Å². The lowest BCUT2D eigenvalue weighted by molar-refractivity contribution is 0.478. The van der Waals surface area contributed by atoms with E-state index in [1.165, 1.54) is 0 Å². The molecule has 0 unspecified atom stereocenters. The molecule has 1 aromatic heterocycles. The molecule has 0 bridgehead atoms. The molecule has 4 rings (SSSR count). The molecule has 2 aromatic carbocycles. The van der Waals surface area contributed by atoms with Crippen molar-refractivity contribution in [1.29, 1.82) is 0 Å². The lowest BCUT2D eigenvalue weighted by Crippen LogP contribution is -2.37. The SMILES string of the molecule is Cc1ccccc1Oc1ccc(S(=O)(=O)N[C@@H]2CCN(c3nccs3)C2)cc1. The number of benzene rings is 2. The molecule has 28 heavy (non-hydrogen) atoms. The maximum atomic E-state index is 12.7. The topological polar surface area (TPSA) is 71.5 Å². The van der Waals surface area contributed by atoms with Crippen LogP contribution in [-0.2, 0) is 10.0 Å². The van der Waals surface area contributed by atoms with E-state index in [2.05, 4.69) is 14.6 Å². The largest absolute Gasteiger partial charge is 0.457 e. The van der Waals surface area contributed by atoms with Gasteiger partial charge in [-0.3, -0.25) is 0 Å². The van der Waals surface area contributed by atoms with Crippen LogP contribution in [0, 0.1) is 6.92 Å². The van der Waals surface area contributed by atoms with Gasteiger partial charge in [0, 0.05) is 30.7 Å². The second-order valence-corrected chi connectivity index (χ2v) is 9.29. The summed E-state index contributed by atoms with van der Waals surface area (Å²) in [6.07, 6.45) is 2.52. The minimum absolute atomic E-state index is 0.128. The fourth-order valence-electron chi connectivity index (χ4n) is 3.17. The van der Waals surface area contributed by atoms with Gasteiger partial charge in [-0.1, -0.05) is 18.2 Å². The standard InChI is InChI=1S/C20H21N3O3S2/c1-15-4-2-3-5-19(15)26-17-6-8-18(9-7-17)28(24,25)22-16-10-12-23(14-16)20-21-11-13-27-20/h2-9,11,13,16,22H,10,12,14H2,1H3/t16-/m1/s1. The monoisotopic (exact) mass is 415 g/mol. The molecule has 1 saturated heterocycles. The summed E-state index contributed by atoms with van der Waals surface area (Å²) in [4.78, 5) is 6.63. The lowest BCUT2D eigenvalue weighted by Gasteiger charge is -2.16. The van der Waals surface area contributed by atoms with Gasteiger partial charge in [0.1, 0.15) is 11.5 Å². The second-order valence-electron chi connectivity index (χ2n) is 6.71. The molecule has 1 fully saturated rings. The molecular weight excluding hydrogens is 394 g/mol. The third kappa shape index (κ3) is 4.19. The molecule has 1 aliphatic rings. The van der Waals surface area contributed by atoms with E-state index in [1.807, 2.05) is 36.6 Å². The highest BCUT2D eigenvalue weighted by atomic mass is 32.2. The average Bonchev–Trinajstić information content (AvgIpc) is 3.35. The number of hydrogen-bond acceptors (Lipinski definition) is 6. The first-order valence-electron chi connectivity index (χ1n) is 9.01. The molecule has 0 amide bonds. The Kier molecular flexibility index (Phi) is 5.34. The minimum Gasteiger partial charge on any atom is -0.457 e. The zero-order valence-corrected chi connectivity index (χ0v) is 17.0. The third-order valence-corrected chi connectivity index (χ3v) is 7.02. The van der Waals surface area contributed by atoms with E-state index in [4.69, 9.17) is 4.74 Å². The molecule has 0 radical (unpaired) electrons. The highest BCUT2D eigenvalue weighted by Gasteiger charge is 2.28. The van der Waals surface area contributed by atoms with E-state index in [-0.39, 0.29) is 10.9 Å². The summed E-state index contributed by atoms with van der Waals surface area (Å²) >= 11 is 1.56. The van der Waals surface area contributed by atoms with Crippen molar-refractivity contribution < 1.29 is 13.2 Å². The van der Waals surface area contributed by atoms with Gasteiger partial charge in [-0.2, -0.15) is 0 Å². The van der Waals surface area contributed by atoms with Crippen LogP contribution in [0.4, 0.5) is 5.13 Å². The van der Waals surface area contributed by atoms with Crippen LogP contribution >= 0.6 is 11.3 Å². The van der Waals surface area contributed by atoms with Crippen molar-refractivity contribution in [3.8, 4) is 11.5 Å². The van der Waals surface area contributed by atoms with Gasteiger partial charge >= 0.3 is 0 Å². The quantitative estimate of drug-likeness (QED) is 0.663. The predicted molar refractivity (Wildman–Crippen MR) is 111 cm³/mol. The third-order valence-electron chi connectivity index (χ3n) is 4.66. The number of aromatic nitrogens is 1. The van der Waals surface area contributed by atoms with Gasteiger partial charge in [-0.25, -0.2) is 18.1 Å². The maximum absolute atomic E-state index is 12.7. The van der Waals surface area contributed by atoms with Crippen LogP contribution in [0.1, 0.15) is 12.0 Å². The molecule has 2 heterocycles. The Hall–Kier alpha value is -2.42. The summed E-state index contributed by atoms with van der Waals surface area (Å²) in [5.74, 6) is 1.36. The molecular formula is C20H21N3O3S2. The van der Waals surface area contributed by atoms with Gasteiger partial charge in [0.15, 0.2) is 5.13 Å². The van der Waals surface area contributed by atoms with Crippen molar-refractivity contribution in [1.82, 2.24) is 9.71 Å². The zero-order chi connectivity index (χ0) is 19.6. The molecule has 8 heteroatoms. The summed E-state index contributed by atoms with van der Waals surface area (Å²) in [6, 6.07) is 14.1. The Morgan fingerprint density at radius 3 is 2.68 bits per heavy atom. The molecule has 146 valence electrons. The summed E-state index contributed by atoms with van der Waals surface area (Å²) in [7, 11) is -3.58. The molecule has 3 aromatic rings. The Morgan fingerprint density at radius 1 is 1.18 bits per heavy atom. The fourth-order valence-corrected chi connectivity index (χ4v) is 5.12. The van der Waals surface area contributed by atoms with Crippen molar-refractivity contribution in [3.05, 3.63) is 65.7 Å². The predicted octanol–water partition coefficient (Wildman–Crippen LogP) is 3.80. The second kappa shape index (κ2) is 7.90. The van der Waals surface area contributed by atoms with Crippen LogP contribution in [0.5, 0.6) is 11.5 Å². The first-order valence-corrected chi connectivity index (χ1v) is 11.4. The smallest absolute Gasteiger partial charge is 0.240 e. The lowest BCUT2D eigenvalue weighted by atomic mass is 10.2. The van der Waals surface area contributed by atoms with Gasteiger partial charge in [0.2, 0.25) is 10.0 Å². The molecule has 6 nitrogen and oxygen atoms in total. The number of thiazole rings is 1. The number of hydrogen-bond donors (Lipinski definition) is 1. The van der Waals surface area contributed by atoms with E-state index < -0.39 is 10.0 Å². The summed E-state index contributed by atoms with van der Waals surface area (Å²) < 4.78 is 34.1. The Labute approximate surface area is 168 Å². The molecule has 1 aliphatic heterocycles. The fraction of sp³-hybridized carbons (Fsp3) is 0.250. The van der Waals surface area contributed by atoms with Gasteiger partial charge in [0.25, 0.3) is 0 Å². The van der Waals surface area contributed by atoms with E-state index in [9.17, 15) is 8.42 Å². The highest BCUT2D eigenvalue weighted by molar-refractivity contribution is 7.89. The van der Waals surface area contributed by atoms with E-state index in [0.717, 1.165) is 29.4 Å². The molecule has 0 aliphatic carbocycles. The number of para-hydroxylation sites is 1. The highest BCUT2D eigenvalue weighted by Crippen LogP contribution is 2.26. The molecule has 1 N–H and O–H groups in total. The normalized spacial score (nSPS) is 17.0. The van der Waals surface area contributed by atoms with Crippen molar-refractivity contribution in [2.45, 2.75) is 24.3 Å². The van der Waals surface area contributed by atoms with Gasteiger partial charge in [-0.05, 0) is 49.2 Å². The maximum Gasteiger partial charge on any atom is 0.240 e. The van der Waals surface area contributed by atoms with Crippen molar-refractivity contribution in [2.24, 2.45) is 0 Å². The molecule has 0 spiro atoms. The number of rotatable bonds is 6. The van der Waals surface area contributed by atoms with Crippen LogP contribution in [0.3, 0.4) is 0 Å². The Balaban J connectivity index is 1.41. The first kappa shape index (κ1) is 18.9. The van der Waals surface area contributed by atoms with Gasteiger partial charge in [0.05, 0.1) is 4.90 Å². The van der Waals surface area contributed by atoms with Crippen molar-refractivity contribution in [2.75, 3.05) is 18.0 Å². The average molecular weight is 416 g/mol. The minimum atomic E-state index is -3.58. The number of sulfonamides is 1. The number of nitrogens with zero attached hydrogens (tertiary/aromatic N) is 2. The number of anilines is 1. The Morgan fingerprint density at radius 2 is 1.96 bits per heavy atom. The summed E-state index contributed by atoms with van der Waals surface area (Å²) in [5, 5.41) is 2.85. The number of aryl methyl sites for hydroxylation is 1. The van der Waals surface area contributed by atoms with Crippen LogP contribution in [-0.4, -0.2) is 32.5 Å². The van der Waals surface area contributed by atoms with Crippen LogP contribution in [0.15, 0.2) is 65.0 Å². The van der Waals surface area contributed by atoms with Crippen molar-refractivity contribution in [3.63, 3.8) is 0 Å². The van der Waals surface area contributed by atoms with Crippen LogP contribution < -0.4 is 14.4 Å². The van der Waals surface area contributed by atoms with Crippen LogP contribution in [0.2, 0.25) is 0 Å².